The summed E-state index contributed by atoms with van der Waals surface area (Å²) in [6.07, 6.45) is 14.2. The molecule has 164 valence electrons. The number of carbonyl (C=O) groups is 2. The van der Waals surface area contributed by atoms with Gasteiger partial charge in [-0.2, -0.15) is 0 Å². The summed E-state index contributed by atoms with van der Waals surface area (Å²) >= 11 is 0. The number of rotatable bonds is 7. The van der Waals surface area contributed by atoms with Gasteiger partial charge in [-0.1, -0.05) is 44.4 Å². The standard InChI is InChI=1S/C23H33N3O4/c1-2-5-16-10-11-30-22(23(24)28)21(19(16)14-25-29)26-20(27)9-8-15-12-17-6-3-4-7-18(17)13-15/h2,5,14-15,17-18,25,29H,1,3-4,6-13H2,(H2,24,28)(H,26,27)/b16-5-,19-14+. The summed E-state index contributed by atoms with van der Waals surface area (Å²) in [7, 11) is 0. The molecule has 7 nitrogen and oxygen atoms in total. The fourth-order valence-electron chi connectivity index (χ4n) is 5.25. The van der Waals surface area contributed by atoms with Crippen LogP contribution in [-0.4, -0.2) is 23.6 Å². The van der Waals surface area contributed by atoms with Gasteiger partial charge in [0.05, 0.1) is 12.3 Å². The Morgan fingerprint density at radius 1 is 1.23 bits per heavy atom. The van der Waals surface area contributed by atoms with Crippen LogP contribution in [0.15, 0.2) is 47.5 Å². The molecule has 0 aromatic carbocycles. The smallest absolute Gasteiger partial charge is 0.286 e. The van der Waals surface area contributed by atoms with Gasteiger partial charge in [-0.25, -0.2) is 0 Å². The van der Waals surface area contributed by atoms with E-state index in [1.165, 1.54) is 44.7 Å². The number of carbonyl (C=O) groups excluding carboxylic acids is 2. The van der Waals surface area contributed by atoms with Gasteiger partial charge >= 0.3 is 0 Å². The largest absolute Gasteiger partial charge is 0.486 e. The second-order valence-electron chi connectivity index (χ2n) is 8.51. The number of primary amides is 1. The third-order valence-corrected chi connectivity index (χ3v) is 6.59. The highest BCUT2D eigenvalue weighted by Crippen LogP contribution is 2.46. The number of ether oxygens (including phenoxy) is 1. The zero-order valence-electron chi connectivity index (χ0n) is 17.5. The predicted octanol–water partition coefficient (Wildman–Crippen LogP) is 3.19. The van der Waals surface area contributed by atoms with Crippen LogP contribution in [-0.2, 0) is 14.3 Å². The van der Waals surface area contributed by atoms with Crippen LogP contribution in [0.2, 0.25) is 0 Å². The van der Waals surface area contributed by atoms with E-state index in [4.69, 9.17) is 10.5 Å². The van der Waals surface area contributed by atoms with Gasteiger partial charge in [-0.3, -0.25) is 20.3 Å². The molecule has 7 heteroatoms. The van der Waals surface area contributed by atoms with Gasteiger partial charge in [0.2, 0.25) is 11.7 Å². The molecule has 3 rings (SSSR count). The van der Waals surface area contributed by atoms with E-state index in [0.29, 0.717) is 24.3 Å². The fourth-order valence-corrected chi connectivity index (χ4v) is 5.25. The molecule has 5 N–H and O–H groups in total. The number of amides is 2. The molecule has 2 aliphatic carbocycles. The van der Waals surface area contributed by atoms with E-state index in [2.05, 4.69) is 11.9 Å². The number of hydroxylamine groups is 1. The molecule has 0 radical (unpaired) electrons. The summed E-state index contributed by atoms with van der Waals surface area (Å²) in [6.45, 7) is 3.93. The van der Waals surface area contributed by atoms with E-state index in [1.807, 2.05) is 5.48 Å². The van der Waals surface area contributed by atoms with Crippen molar-refractivity contribution < 1.29 is 19.5 Å². The minimum atomic E-state index is -0.770. The Morgan fingerprint density at radius 2 is 1.93 bits per heavy atom. The molecule has 0 aromatic rings. The molecule has 2 atom stereocenters. The van der Waals surface area contributed by atoms with Gasteiger partial charge in [0, 0.05) is 24.6 Å². The molecule has 0 saturated heterocycles. The Kier molecular flexibility index (Phi) is 7.74. The lowest BCUT2D eigenvalue weighted by Gasteiger charge is -2.24. The van der Waals surface area contributed by atoms with Crippen LogP contribution in [0.4, 0.5) is 0 Å². The zero-order chi connectivity index (χ0) is 21.5. The highest BCUT2D eigenvalue weighted by molar-refractivity contribution is 5.93. The molecule has 2 amide bonds. The number of hydrogen-bond donors (Lipinski definition) is 4. The maximum Gasteiger partial charge on any atom is 0.286 e. The average molecular weight is 416 g/mol. The Balaban J connectivity index is 1.70. The van der Waals surface area contributed by atoms with Gasteiger partial charge in [0.25, 0.3) is 5.91 Å². The number of hydrogen-bond acceptors (Lipinski definition) is 5. The van der Waals surface area contributed by atoms with Gasteiger partial charge < -0.3 is 15.8 Å². The zero-order valence-corrected chi connectivity index (χ0v) is 17.5. The normalized spacial score (nSPS) is 29.2. The first-order chi connectivity index (χ1) is 14.5. The maximum absolute atomic E-state index is 12.8. The van der Waals surface area contributed by atoms with Crippen molar-refractivity contribution in [2.75, 3.05) is 6.61 Å². The Bertz CT molecular complexity index is 754. The van der Waals surface area contributed by atoms with Gasteiger partial charge in [0.15, 0.2) is 0 Å². The molecule has 1 heterocycles. The first-order valence-electron chi connectivity index (χ1n) is 10.9. The second kappa shape index (κ2) is 10.5. The topological polar surface area (TPSA) is 114 Å². The lowest BCUT2D eigenvalue weighted by Crippen LogP contribution is -2.29. The highest BCUT2D eigenvalue weighted by atomic mass is 16.5. The van der Waals surface area contributed by atoms with Crippen LogP contribution < -0.4 is 16.5 Å². The van der Waals surface area contributed by atoms with E-state index in [1.54, 1.807) is 12.2 Å². The second-order valence-corrected chi connectivity index (χ2v) is 8.51. The van der Waals surface area contributed by atoms with Crippen LogP contribution in [0.25, 0.3) is 0 Å². The number of fused-ring (bicyclic) bond motifs is 1. The molecule has 2 fully saturated rings. The molecule has 0 spiro atoms. The Labute approximate surface area is 178 Å². The van der Waals surface area contributed by atoms with Gasteiger partial charge in [-0.15, -0.1) is 0 Å². The third-order valence-electron chi connectivity index (χ3n) is 6.59. The predicted molar refractivity (Wildman–Crippen MR) is 114 cm³/mol. The molecule has 0 aromatic heterocycles. The van der Waals surface area contributed by atoms with E-state index in [-0.39, 0.29) is 24.0 Å². The van der Waals surface area contributed by atoms with Crippen LogP contribution in [0.3, 0.4) is 0 Å². The molecule has 1 aliphatic heterocycles. The minimum Gasteiger partial charge on any atom is -0.486 e. The van der Waals surface area contributed by atoms with Gasteiger partial charge in [0.1, 0.15) is 0 Å². The lowest BCUT2D eigenvalue weighted by atomic mass is 9.82. The summed E-state index contributed by atoms with van der Waals surface area (Å²) in [6, 6.07) is 0. The van der Waals surface area contributed by atoms with Crippen LogP contribution >= 0.6 is 0 Å². The van der Waals surface area contributed by atoms with Crippen LogP contribution in [0.1, 0.15) is 57.8 Å². The molecule has 30 heavy (non-hydrogen) atoms. The van der Waals surface area contributed by atoms with Crippen LogP contribution in [0, 0.1) is 17.8 Å². The molecule has 2 saturated carbocycles. The fraction of sp³-hybridized carbons (Fsp3) is 0.565. The molecule has 3 aliphatic rings. The van der Waals surface area contributed by atoms with E-state index in [0.717, 1.165) is 23.8 Å². The van der Waals surface area contributed by atoms with Crippen molar-refractivity contribution in [3.8, 4) is 0 Å². The van der Waals surface area contributed by atoms with E-state index < -0.39 is 5.91 Å². The molecule has 0 bridgehead atoms. The maximum atomic E-state index is 12.8. The summed E-state index contributed by atoms with van der Waals surface area (Å²) in [5, 5.41) is 12.1. The highest BCUT2D eigenvalue weighted by Gasteiger charge is 2.35. The summed E-state index contributed by atoms with van der Waals surface area (Å²) in [4.78, 5) is 24.7. The third kappa shape index (κ3) is 5.33. The number of allylic oxidation sites excluding steroid dienone is 3. The van der Waals surface area contributed by atoms with Gasteiger partial charge in [-0.05, 0) is 42.6 Å². The first kappa shape index (κ1) is 22.2. The monoisotopic (exact) mass is 415 g/mol. The van der Waals surface area contributed by atoms with Crippen molar-refractivity contribution in [2.24, 2.45) is 23.5 Å². The van der Waals surface area contributed by atoms with Crippen molar-refractivity contribution in [3.63, 3.8) is 0 Å². The lowest BCUT2D eigenvalue weighted by molar-refractivity contribution is -0.120. The van der Waals surface area contributed by atoms with Crippen LogP contribution in [0.5, 0.6) is 0 Å². The van der Waals surface area contributed by atoms with Crippen molar-refractivity contribution in [3.05, 3.63) is 47.5 Å². The summed E-state index contributed by atoms with van der Waals surface area (Å²) < 4.78 is 5.54. The molecule has 2 unspecified atom stereocenters. The number of nitrogens with one attached hydrogen (secondary N) is 2. The van der Waals surface area contributed by atoms with E-state index >= 15 is 0 Å². The van der Waals surface area contributed by atoms with Crippen molar-refractivity contribution in [2.45, 2.75) is 57.8 Å². The first-order valence-corrected chi connectivity index (χ1v) is 10.9. The Morgan fingerprint density at radius 3 is 2.53 bits per heavy atom. The van der Waals surface area contributed by atoms with E-state index in [9.17, 15) is 14.8 Å². The summed E-state index contributed by atoms with van der Waals surface area (Å²) in [5.74, 6) is 1.19. The average Bonchev–Trinajstić information content (AvgIpc) is 3.07. The van der Waals surface area contributed by atoms with Crippen molar-refractivity contribution >= 4 is 11.8 Å². The minimum absolute atomic E-state index is 0.107. The van der Waals surface area contributed by atoms with Crippen molar-refractivity contribution in [1.29, 1.82) is 0 Å². The van der Waals surface area contributed by atoms with Crippen molar-refractivity contribution in [1.82, 2.24) is 10.8 Å². The SMILES string of the molecule is C=C/C=C1/CCOC(C(N)=O)=C(NC(=O)CCC2CC3CCCCC3C2)/C1=C/NO. The molecular formula is C23H33N3O4. The molecular weight excluding hydrogens is 382 g/mol. The Hall–Kier alpha value is -2.54. The summed E-state index contributed by atoms with van der Waals surface area (Å²) in [5.41, 5.74) is 8.88. The number of nitrogens with two attached hydrogens (primary N) is 1. The quantitative estimate of drug-likeness (QED) is 0.477.